The summed E-state index contributed by atoms with van der Waals surface area (Å²) in [6.07, 6.45) is -7.94. The van der Waals surface area contributed by atoms with Crippen LogP contribution in [0.25, 0.3) is 0 Å². The van der Waals surface area contributed by atoms with Crippen molar-refractivity contribution in [3.8, 4) is 5.75 Å². The molecule has 0 saturated heterocycles. The molecule has 1 atom stereocenters. The number of anilines is 2. The third kappa shape index (κ3) is 5.85. The van der Waals surface area contributed by atoms with Crippen molar-refractivity contribution in [1.82, 2.24) is 0 Å². The van der Waals surface area contributed by atoms with Gasteiger partial charge in [0.1, 0.15) is 11.4 Å². The van der Waals surface area contributed by atoms with E-state index in [1.165, 1.54) is 17.0 Å². The Labute approximate surface area is 213 Å². The molecule has 3 aromatic rings. The van der Waals surface area contributed by atoms with Crippen LogP contribution in [0.1, 0.15) is 24.1 Å². The van der Waals surface area contributed by atoms with Gasteiger partial charge in [-0.05, 0) is 79.2 Å². The van der Waals surface area contributed by atoms with Crippen molar-refractivity contribution in [2.45, 2.75) is 25.5 Å². The van der Waals surface area contributed by atoms with E-state index in [0.717, 1.165) is 36.4 Å². The molecule has 3 aromatic carbocycles. The molecule has 0 fully saturated rings. The van der Waals surface area contributed by atoms with Gasteiger partial charge >= 0.3 is 12.5 Å². The van der Waals surface area contributed by atoms with E-state index < -0.39 is 35.8 Å². The molecule has 0 N–H and O–H groups in total. The maximum absolute atomic E-state index is 13.7. The number of hydrogen-bond acceptors (Lipinski definition) is 3. The van der Waals surface area contributed by atoms with Crippen molar-refractivity contribution in [3.63, 3.8) is 0 Å². The summed E-state index contributed by atoms with van der Waals surface area (Å²) in [6, 6.07) is 14.9. The second-order valence-electron chi connectivity index (χ2n) is 8.06. The Morgan fingerprint density at radius 2 is 1.59 bits per heavy atom. The van der Waals surface area contributed by atoms with Crippen LogP contribution in [0.2, 0.25) is 5.02 Å². The van der Waals surface area contributed by atoms with E-state index in [4.69, 9.17) is 11.6 Å². The molecule has 4 rings (SSSR count). The zero-order valence-corrected chi connectivity index (χ0v) is 19.9. The summed E-state index contributed by atoms with van der Waals surface area (Å²) in [5.74, 6) is -1.03. The van der Waals surface area contributed by atoms with Gasteiger partial charge in [0.15, 0.2) is 0 Å². The van der Waals surface area contributed by atoms with Crippen LogP contribution in [-0.4, -0.2) is 18.8 Å². The monoisotopic (exact) mass is 540 g/mol. The van der Waals surface area contributed by atoms with Crippen LogP contribution in [0.5, 0.6) is 5.75 Å². The van der Waals surface area contributed by atoms with Crippen LogP contribution in [0.4, 0.5) is 37.7 Å². The predicted molar refractivity (Wildman–Crippen MR) is 127 cm³/mol. The highest BCUT2D eigenvalue weighted by molar-refractivity contribution is 6.30. The standard InChI is InChI=1S/C26H19ClF6N2O2/c1-2-34(19-12-8-18(27)9-13-19)23-15-22(16-4-3-5-21(14-16)37-26(31,32)33)35(24(23)36)20-10-6-17(7-11-20)25(28,29)30/h3-15,22H,2H2,1H3/t22-/m1/s1. The molecule has 0 aromatic heterocycles. The Bertz CT molecular complexity index is 1300. The first-order valence-corrected chi connectivity index (χ1v) is 11.4. The van der Waals surface area contributed by atoms with E-state index in [-0.39, 0.29) is 16.9 Å². The number of amides is 1. The molecule has 11 heteroatoms. The number of benzene rings is 3. The number of nitrogens with zero attached hydrogens (tertiary/aromatic N) is 2. The van der Waals surface area contributed by atoms with Gasteiger partial charge in [-0.1, -0.05) is 23.7 Å². The molecule has 1 heterocycles. The third-order valence-corrected chi connectivity index (χ3v) is 5.94. The van der Waals surface area contributed by atoms with Crippen LogP contribution in [-0.2, 0) is 11.0 Å². The van der Waals surface area contributed by atoms with Crippen molar-refractivity contribution >= 4 is 28.9 Å². The lowest BCUT2D eigenvalue weighted by molar-refractivity contribution is -0.274. The zero-order chi connectivity index (χ0) is 27.0. The van der Waals surface area contributed by atoms with Gasteiger partial charge in [-0.2, -0.15) is 13.2 Å². The molecule has 37 heavy (non-hydrogen) atoms. The minimum absolute atomic E-state index is 0.142. The first-order valence-electron chi connectivity index (χ1n) is 11.0. The maximum atomic E-state index is 13.7. The van der Waals surface area contributed by atoms with Gasteiger partial charge in [0, 0.05) is 22.9 Å². The van der Waals surface area contributed by atoms with Crippen molar-refractivity contribution in [3.05, 3.63) is 101 Å². The minimum atomic E-state index is -4.92. The number of halogens is 7. The first-order chi connectivity index (χ1) is 17.4. The Morgan fingerprint density at radius 3 is 2.16 bits per heavy atom. The minimum Gasteiger partial charge on any atom is -0.406 e. The first kappa shape index (κ1) is 26.4. The number of alkyl halides is 6. The van der Waals surface area contributed by atoms with Gasteiger partial charge in [0.05, 0.1) is 11.6 Å². The molecule has 1 aliphatic rings. The van der Waals surface area contributed by atoms with Crippen molar-refractivity contribution < 1.29 is 35.9 Å². The van der Waals surface area contributed by atoms with Crippen molar-refractivity contribution in [2.24, 2.45) is 0 Å². The lowest BCUT2D eigenvalue weighted by Gasteiger charge is -2.28. The Kier molecular flexibility index (Phi) is 7.14. The molecule has 0 aliphatic carbocycles. The third-order valence-electron chi connectivity index (χ3n) is 5.68. The van der Waals surface area contributed by atoms with E-state index in [0.29, 0.717) is 17.3 Å². The lowest BCUT2D eigenvalue weighted by Crippen LogP contribution is -2.34. The summed E-state index contributed by atoms with van der Waals surface area (Å²) < 4.78 is 81.8. The topological polar surface area (TPSA) is 32.8 Å². The molecule has 0 bridgehead atoms. The summed E-state index contributed by atoms with van der Waals surface area (Å²) in [6.45, 7) is 2.15. The van der Waals surface area contributed by atoms with E-state index in [9.17, 15) is 31.1 Å². The number of likely N-dealkylation sites (N-methyl/N-ethyl adjacent to an activating group) is 1. The molecule has 0 radical (unpaired) electrons. The fourth-order valence-electron chi connectivity index (χ4n) is 4.09. The van der Waals surface area contributed by atoms with Crippen LogP contribution in [0, 0.1) is 0 Å². The summed E-state index contributed by atoms with van der Waals surface area (Å²) >= 11 is 5.98. The normalized spacial score (nSPS) is 16.1. The molecular weight excluding hydrogens is 522 g/mol. The van der Waals surface area contributed by atoms with Crippen LogP contribution < -0.4 is 14.5 Å². The highest BCUT2D eigenvalue weighted by Gasteiger charge is 2.39. The summed E-state index contributed by atoms with van der Waals surface area (Å²) in [5, 5.41) is 0.484. The van der Waals surface area contributed by atoms with E-state index in [1.54, 1.807) is 42.2 Å². The quantitative estimate of drug-likeness (QED) is 0.300. The van der Waals surface area contributed by atoms with Gasteiger partial charge in [-0.3, -0.25) is 9.69 Å². The largest absolute Gasteiger partial charge is 0.573 e. The van der Waals surface area contributed by atoms with Gasteiger partial charge in [-0.25, -0.2) is 0 Å². The smallest absolute Gasteiger partial charge is 0.406 e. The maximum Gasteiger partial charge on any atom is 0.573 e. The predicted octanol–water partition coefficient (Wildman–Crippen LogP) is 7.76. The summed E-state index contributed by atoms with van der Waals surface area (Å²) in [5.41, 5.74) is 0.357. The summed E-state index contributed by atoms with van der Waals surface area (Å²) in [7, 11) is 0. The van der Waals surface area contributed by atoms with Crippen LogP contribution in [0.15, 0.2) is 84.6 Å². The van der Waals surface area contributed by atoms with Crippen LogP contribution in [0.3, 0.4) is 0 Å². The second-order valence-corrected chi connectivity index (χ2v) is 8.49. The van der Waals surface area contributed by atoms with Gasteiger partial charge in [0.25, 0.3) is 5.91 Å². The van der Waals surface area contributed by atoms with E-state index >= 15 is 0 Å². The molecule has 4 nitrogen and oxygen atoms in total. The van der Waals surface area contributed by atoms with Crippen LogP contribution >= 0.6 is 11.6 Å². The summed E-state index contributed by atoms with van der Waals surface area (Å²) in [4.78, 5) is 16.6. The fraction of sp³-hybridized carbons (Fsp3) is 0.192. The van der Waals surface area contributed by atoms with Gasteiger partial charge < -0.3 is 9.64 Å². The molecule has 0 spiro atoms. The molecule has 1 amide bonds. The Hall–Kier alpha value is -3.66. The average Bonchev–Trinajstić information content (AvgIpc) is 3.16. The molecule has 0 saturated carbocycles. The van der Waals surface area contributed by atoms with E-state index in [2.05, 4.69) is 4.74 Å². The van der Waals surface area contributed by atoms with E-state index in [1.807, 2.05) is 0 Å². The van der Waals surface area contributed by atoms with Gasteiger partial charge in [-0.15, -0.1) is 13.2 Å². The molecular formula is C26H19ClF6N2O2. The molecule has 0 unspecified atom stereocenters. The zero-order valence-electron chi connectivity index (χ0n) is 19.1. The average molecular weight is 541 g/mol. The Balaban J connectivity index is 1.79. The SMILES string of the molecule is CCN(C1=C[C@H](c2cccc(OC(F)(F)F)c2)N(c2ccc(C(F)(F)F)cc2)C1=O)c1ccc(Cl)cc1. The number of carbonyl (C=O) groups is 1. The number of rotatable bonds is 6. The highest BCUT2D eigenvalue weighted by atomic mass is 35.5. The van der Waals surface area contributed by atoms with Crippen molar-refractivity contribution in [2.75, 3.05) is 16.3 Å². The van der Waals surface area contributed by atoms with Crippen molar-refractivity contribution in [1.29, 1.82) is 0 Å². The molecule has 194 valence electrons. The second kappa shape index (κ2) is 10.0. The Morgan fingerprint density at radius 1 is 0.946 bits per heavy atom. The molecule has 1 aliphatic heterocycles. The lowest BCUT2D eigenvalue weighted by atomic mass is 10.1. The number of hydrogen-bond donors (Lipinski definition) is 0. The number of ether oxygens (including phenoxy) is 1. The fourth-order valence-corrected chi connectivity index (χ4v) is 4.22. The number of carbonyl (C=O) groups excluding carboxylic acids is 1. The highest BCUT2D eigenvalue weighted by Crippen LogP contribution is 2.40. The van der Waals surface area contributed by atoms with Gasteiger partial charge in [0.2, 0.25) is 0 Å².